The molecular formula is C56H34F16N4O4S4. The van der Waals surface area contributed by atoms with Gasteiger partial charge in [-0.05, 0) is 125 Å². The van der Waals surface area contributed by atoms with Crippen LogP contribution in [0.1, 0.15) is 64.3 Å². The quantitative estimate of drug-likeness (QED) is 0.106. The second kappa shape index (κ2) is 24.1. The van der Waals surface area contributed by atoms with Crippen LogP contribution in [0.4, 0.5) is 70.2 Å². The van der Waals surface area contributed by atoms with Gasteiger partial charge in [0.05, 0.1) is 78.1 Å². The maximum absolute atomic E-state index is 14.5. The minimum Gasteiger partial charge on any atom is -0.302 e. The van der Waals surface area contributed by atoms with E-state index in [0.717, 1.165) is 88.6 Å². The van der Waals surface area contributed by atoms with Crippen LogP contribution in [0.3, 0.4) is 0 Å². The van der Waals surface area contributed by atoms with Crippen LogP contribution in [0.2, 0.25) is 0 Å². The highest BCUT2D eigenvalue weighted by Gasteiger charge is 2.39. The number of hydrogen-bond donors (Lipinski definition) is 0. The van der Waals surface area contributed by atoms with Gasteiger partial charge < -0.3 is 9.13 Å². The van der Waals surface area contributed by atoms with Crippen molar-refractivity contribution in [2.45, 2.75) is 67.4 Å². The monoisotopic (exact) mass is 1260 g/mol. The van der Waals surface area contributed by atoms with E-state index in [2.05, 4.69) is 0 Å². The summed E-state index contributed by atoms with van der Waals surface area (Å²) < 4.78 is 247. The molecule has 0 bridgehead atoms. The SMILES string of the molecule is CCS(=O)c1cc(-c2csc(-c3cc(C(F)(F)F)c(C#N)c(=O)n3Cc3ccc(F)cc3F)c2)cc(C(F)(F)F)c1.N#Cc1c(C(F)(F)F)cc(-c2cc(-c3cc(S(=O)CC4CC4)cc(C(F)(F)F)c3)cs2)n(Cc2ccc(F)cc2F)c1=O. The van der Waals surface area contributed by atoms with Crippen molar-refractivity contribution in [2.24, 2.45) is 5.92 Å². The summed E-state index contributed by atoms with van der Waals surface area (Å²) in [7, 11) is -3.48. The van der Waals surface area contributed by atoms with Gasteiger partial charge in [-0.2, -0.15) is 63.2 Å². The van der Waals surface area contributed by atoms with Crippen molar-refractivity contribution in [1.82, 2.24) is 9.13 Å². The summed E-state index contributed by atoms with van der Waals surface area (Å²) in [5.74, 6) is -3.64. The van der Waals surface area contributed by atoms with E-state index in [-0.39, 0.29) is 76.0 Å². The molecule has 0 aliphatic heterocycles. The Balaban J connectivity index is 0.000000219. The first-order chi connectivity index (χ1) is 39.3. The predicted molar refractivity (Wildman–Crippen MR) is 280 cm³/mol. The summed E-state index contributed by atoms with van der Waals surface area (Å²) in [4.78, 5) is 26.1. The first kappa shape index (κ1) is 62.4. The van der Waals surface area contributed by atoms with Crippen molar-refractivity contribution >= 4 is 44.3 Å². The van der Waals surface area contributed by atoms with Gasteiger partial charge in [-0.1, -0.05) is 19.1 Å². The highest BCUT2D eigenvalue weighted by atomic mass is 32.2. The van der Waals surface area contributed by atoms with Crippen molar-refractivity contribution in [1.29, 1.82) is 10.5 Å². The van der Waals surface area contributed by atoms with Crippen LogP contribution < -0.4 is 11.1 Å². The van der Waals surface area contributed by atoms with Gasteiger partial charge in [0.2, 0.25) is 0 Å². The first-order valence-corrected chi connectivity index (χ1v) is 28.5. The fourth-order valence-electron chi connectivity index (χ4n) is 8.45. The van der Waals surface area contributed by atoms with Gasteiger partial charge >= 0.3 is 24.7 Å². The largest absolute Gasteiger partial charge is 0.417 e. The zero-order valence-electron chi connectivity index (χ0n) is 42.3. The van der Waals surface area contributed by atoms with Crippen molar-refractivity contribution in [2.75, 3.05) is 11.5 Å². The van der Waals surface area contributed by atoms with E-state index in [1.165, 1.54) is 54.1 Å². The Morgan fingerprint density at radius 2 is 0.917 bits per heavy atom. The zero-order chi connectivity index (χ0) is 61.5. The number of alkyl halides is 12. The molecule has 1 fully saturated rings. The Morgan fingerprint density at radius 1 is 0.524 bits per heavy atom. The summed E-state index contributed by atoms with van der Waals surface area (Å²) in [5.41, 5.74) is -11.6. The van der Waals surface area contributed by atoms with Gasteiger partial charge in [0.1, 0.15) is 46.5 Å². The molecule has 438 valence electrons. The number of rotatable bonds is 13. The number of nitrogens with zero attached hydrogens (tertiary/aromatic N) is 4. The zero-order valence-corrected chi connectivity index (χ0v) is 45.6. The summed E-state index contributed by atoms with van der Waals surface area (Å²) in [5, 5.41) is 21.4. The van der Waals surface area contributed by atoms with Crippen LogP contribution in [0, 0.1) is 51.8 Å². The number of aromatic nitrogens is 2. The molecule has 0 saturated heterocycles. The van der Waals surface area contributed by atoms with Gasteiger partial charge in [-0.25, -0.2) is 17.6 Å². The number of benzene rings is 4. The highest BCUT2D eigenvalue weighted by molar-refractivity contribution is 7.85. The molecule has 4 aromatic carbocycles. The molecule has 2 atom stereocenters. The van der Waals surface area contributed by atoms with E-state index in [4.69, 9.17) is 0 Å². The van der Waals surface area contributed by atoms with Crippen molar-refractivity contribution in [3.05, 3.63) is 196 Å². The normalized spacial score (nSPS) is 13.7. The molecule has 4 aromatic heterocycles. The molecule has 0 radical (unpaired) electrons. The molecule has 2 unspecified atom stereocenters. The number of hydrogen-bond acceptors (Lipinski definition) is 8. The second-order valence-corrected chi connectivity index (χ2v) is 23.6. The lowest BCUT2D eigenvalue weighted by Crippen LogP contribution is -2.28. The van der Waals surface area contributed by atoms with Crippen LogP contribution in [0.15, 0.2) is 127 Å². The molecule has 0 N–H and O–H groups in total. The summed E-state index contributed by atoms with van der Waals surface area (Å²) in [6, 6.07) is 16.6. The molecule has 0 spiro atoms. The predicted octanol–water partition coefficient (Wildman–Crippen LogP) is 15.6. The lowest BCUT2D eigenvalue weighted by Gasteiger charge is -2.17. The fourth-order valence-corrected chi connectivity index (χ4v) is 12.7. The first-order valence-electron chi connectivity index (χ1n) is 24.1. The molecule has 0 amide bonds. The Bertz CT molecular complexity index is 4140. The molecule has 8 aromatic rings. The number of halogens is 16. The molecule has 84 heavy (non-hydrogen) atoms. The third-order valence-corrected chi connectivity index (χ3v) is 17.6. The Morgan fingerprint density at radius 3 is 1.25 bits per heavy atom. The Hall–Kier alpha value is -7.66. The van der Waals surface area contributed by atoms with Crippen LogP contribution in [0.25, 0.3) is 43.4 Å². The van der Waals surface area contributed by atoms with Crippen molar-refractivity contribution < 1.29 is 78.7 Å². The lowest BCUT2D eigenvalue weighted by molar-refractivity contribution is -0.138. The third kappa shape index (κ3) is 13.9. The number of pyridine rings is 2. The van der Waals surface area contributed by atoms with Crippen molar-refractivity contribution in [3.8, 4) is 55.5 Å². The van der Waals surface area contributed by atoms with Gasteiger partial charge in [-0.3, -0.25) is 18.0 Å². The minimum absolute atomic E-state index is 0.000335. The summed E-state index contributed by atoms with van der Waals surface area (Å²) >= 11 is 1.58. The molecule has 1 saturated carbocycles. The van der Waals surface area contributed by atoms with Gasteiger partial charge in [0.15, 0.2) is 0 Å². The van der Waals surface area contributed by atoms with Gasteiger partial charge in [0.25, 0.3) is 11.1 Å². The van der Waals surface area contributed by atoms with E-state index in [1.807, 2.05) is 0 Å². The van der Waals surface area contributed by atoms with E-state index in [9.17, 15) is 98.8 Å². The van der Waals surface area contributed by atoms with Crippen LogP contribution in [-0.2, 0) is 59.4 Å². The van der Waals surface area contributed by atoms with Crippen LogP contribution in [-0.4, -0.2) is 29.1 Å². The lowest BCUT2D eigenvalue weighted by atomic mass is 10.0. The Labute approximate surface area is 477 Å². The van der Waals surface area contributed by atoms with Gasteiger partial charge in [-0.15, -0.1) is 22.7 Å². The minimum atomic E-state index is -5.13. The fraction of sp³-hybridized carbons (Fsp3) is 0.214. The van der Waals surface area contributed by atoms with E-state index in [0.29, 0.717) is 28.8 Å². The number of nitriles is 2. The van der Waals surface area contributed by atoms with Crippen LogP contribution in [0.5, 0.6) is 0 Å². The van der Waals surface area contributed by atoms with E-state index in [1.54, 1.807) is 0 Å². The topological polar surface area (TPSA) is 126 Å². The van der Waals surface area contributed by atoms with E-state index >= 15 is 0 Å². The Kier molecular flexibility index (Phi) is 17.9. The smallest absolute Gasteiger partial charge is 0.302 e. The highest BCUT2D eigenvalue weighted by Crippen LogP contribution is 2.43. The standard InChI is InChI=1S/C29H18F8N2O2S2.C27H16F8N2O2S2/c30-20-4-3-16(24(31)9-20)12-39-25(10-23(29(35,36)37)22(11-38)27(39)40)26-7-18(13-42-26)17-5-19(28(32,33)34)8-21(6-17)43(41)14-15-1-2-15;1-2-41(39)19-6-15(5-17(8-19)26(30,31)32)16-7-24(40-13-16)23-10-21(27(33,34)35)20(11-36)25(38)37(23)12-14-3-4-18(28)9-22(14)29/h3-10,13,15H,1-2,12,14H2;3-10,13H,2,12H2,1H3. The van der Waals surface area contributed by atoms with Gasteiger partial charge in [0, 0.05) is 44.6 Å². The molecule has 1 aliphatic carbocycles. The molecular weight excluding hydrogens is 1220 g/mol. The maximum atomic E-state index is 14.5. The molecule has 8 nitrogen and oxygen atoms in total. The average Bonchev–Trinajstić information content (AvgIpc) is 1.75. The van der Waals surface area contributed by atoms with E-state index < -0.39 is 133 Å². The molecule has 1 aliphatic rings. The molecule has 28 heteroatoms. The average molecular weight is 1260 g/mol. The maximum Gasteiger partial charge on any atom is 0.417 e. The molecule has 4 heterocycles. The molecule has 9 rings (SSSR count). The summed E-state index contributed by atoms with van der Waals surface area (Å²) in [6.07, 6.45) is -18.1. The summed E-state index contributed by atoms with van der Waals surface area (Å²) in [6.45, 7) is 0.169. The third-order valence-electron chi connectivity index (χ3n) is 12.8. The number of thiophene rings is 2. The van der Waals surface area contributed by atoms with Crippen molar-refractivity contribution in [3.63, 3.8) is 0 Å². The van der Waals surface area contributed by atoms with Crippen LogP contribution >= 0.6 is 22.7 Å². The second-order valence-electron chi connectivity index (χ2n) is 18.6.